The third-order valence-electron chi connectivity index (χ3n) is 3.22. The van der Waals surface area contributed by atoms with E-state index in [4.69, 9.17) is 4.98 Å². The van der Waals surface area contributed by atoms with Gasteiger partial charge in [-0.2, -0.15) is 0 Å². The lowest BCUT2D eigenvalue weighted by atomic mass is 10.2. The fraction of sp³-hybridized carbons (Fsp3) is 0.200. The molecule has 0 aliphatic heterocycles. The number of thioether (sulfide) groups is 1. The second-order valence-electron chi connectivity index (χ2n) is 4.60. The molecule has 2 aromatic carbocycles. The second-order valence-corrected chi connectivity index (χ2v) is 7.46. The van der Waals surface area contributed by atoms with E-state index < -0.39 is 0 Å². The highest BCUT2D eigenvalue weighted by Crippen LogP contribution is 2.45. The Morgan fingerprint density at radius 1 is 1.10 bits per heavy atom. The van der Waals surface area contributed by atoms with Crippen molar-refractivity contribution < 1.29 is 5.11 Å². The zero-order chi connectivity index (χ0) is 15.1. The summed E-state index contributed by atoms with van der Waals surface area (Å²) in [4.78, 5) is 10.2. The summed E-state index contributed by atoms with van der Waals surface area (Å²) in [6.45, 7) is 4.08. The van der Waals surface area contributed by atoms with Crippen molar-refractivity contribution in [2.45, 2.75) is 18.7 Å². The third-order valence-corrected chi connectivity index (χ3v) is 6.28. The highest BCUT2D eigenvalue weighted by molar-refractivity contribution is 9.11. The summed E-state index contributed by atoms with van der Waals surface area (Å²) in [5.74, 6) is 1.04. The van der Waals surface area contributed by atoms with Crippen LogP contribution in [-0.2, 0) is 0 Å². The summed E-state index contributed by atoms with van der Waals surface area (Å²) < 4.78 is 1.53. The number of phenolic OH excluding ortho intramolecular Hbond substituents is 1. The molecule has 1 heterocycles. The Kier molecular flexibility index (Phi) is 4.12. The SMILES string of the molecule is CCSc1c(Br)c(O)c2nc3cccc(C)c3nc2c1Br. The average Bonchev–Trinajstić information content (AvgIpc) is 2.48. The Hall–Kier alpha value is -0.850. The number of halogens is 2. The number of aryl methyl sites for hydroxylation is 1. The lowest BCUT2D eigenvalue weighted by molar-refractivity contribution is 0.475. The van der Waals surface area contributed by atoms with Gasteiger partial charge in [-0.15, -0.1) is 11.8 Å². The quantitative estimate of drug-likeness (QED) is 0.437. The molecule has 3 nitrogen and oxygen atoms in total. The van der Waals surface area contributed by atoms with Gasteiger partial charge in [0.1, 0.15) is 11.0 Å². The van der Waals surface area contributed by atoms with Gasteiger partial charge >= 0.3 is 0 Å². The molecule has 0 atom stereocenters. The molecule has 0 fully saturated rings. The molecule has 3 rings (SSSR count). The predicted octanol–water partition coefficient (Wildman–Crippen LogP) is 5.43. The highest BCUT2D eigenvalue weighted by atomic mass is 79.9. The van der Waals surface area contributed by atoms with Gasteiger partial charge in [0, 0.05) is 4.90 Å². The monoisotopic (exact) mass is 426 g/mol. The van der Waals surface area contributed by atoms with Gasteiger partial charge in [0.05, 0.1) is 20.0 Å². The number of phenols is 1. The molecule has 0 amide bonds. The van der Waals surface area contributed by atoms with E-state index in [2.05, 4.69) is 43.8 Å². The van der Waals surface area contributed by atoms with Crippen LogP contribution in [0.15, 0.2) is 32.0 Å². The van der Waals surface area contributed by atoms with Crippen molar-refractivity contribution in [2.24, 2.45) is 0 Å². The molecule has 1 N–H and O–H groups in total. The molecular formula is C15H12Br2N2OS. The van der Waals surface area contributed by atoms with E-state index in [-0.39, 0.29) is 5.75 Å². The molecule has 0 unspecified atom stereocenters. The summed E-state index contributed by atoms with van der Waals surface area (Å²) in [7, 11) is 0. The van der Waals surface area contributed by atoms with E-state index in [1.54, 1.807) is 11.8 Å². The summed E-state index contributed by atoms with van der Waals surface area (Å²) in [5.41, 5.74) is 3.91. The standard InChI is InChI=1S/C15H12Br2N2OS/c1-3-21-15-9(16)12-13(14(20)10(15)17)18-8-6-4-5-7(2)11(8)19-12/h4-6,20H,3H2,1-2H3. The summed E-state index contributed by atoms with van der Waals surface area (Å²) >= 11 is 8.72. The summed E-state index contributed by atoms with van der Waals surface area (Å²) in [6.07, 6.45) is 0. The number of hydrogen-bond acceptors (Lipinski definition) is 4. The Bertz CT molecular complexity index is 868. The molecule has 0 aliphatic carbocycles. The number of para-hydroxylation sites is 1. The van der Waals surface area contributed by atoms with Crippen molar-refractivity contribution in [1.82, 2.24) is 9.97 Å². The third kappa shape index (κ3) is 2.43. The van der Waals surface area contributed by atoms with Crippen LogP contribution in [0.3, 0.4) is 0 Å². The van der Waals surface area contributed by atoms with Gasteiger partial charge in [0.25, 0.3) is 0 Å². The van der Waals surface area contributed by atoms with E-state index in [0.717, 1.165) is 31.7 Å². The van der Waals surface area contributed by atoms with Crippen LogP contribution in [0.4, 0.5) is 0 Å². The fourth-order valence-corrected chi connectivity index (χ4v) is 4.77. The van der Waals surface area contributed by atoms with Crippen molar-refractivity contribution in [3.63, 3.8) is 0 Å². The molecule has 6 heteroatoms. The number of aromatic nitrogens is 2. The number of aromatic hydroxyl groups is 1. The summed E-state index contributed by atoms with van der Waals surface area (Å²) in [5, 5.41) is 10.4. The maximum Gasteiger partial charge on any atom is 0.158 e. The molecule has 3 aromatic rings. The van der Waals surface area contributed by atoms with Gasteiger partial charge in [-0.05, 0) is 56.2 Å². The van der Waals surface area contributed by atoms with Gasteiger partial charge in [-0.25, -0.2) is 9.97 Å². The van der Waals surface area contributed by atoms with Crippen LogP contribution in [0.25, 0.3) is 22.1 Å². The highest BCUT2D eigenvalue weighted by Gasteiger charge is 2.19. The van der Waals surface area contributed by atoms with Crippen molar-refractivity contribution in [3.8, 4) is 5.75 Å². The normalized spacial score (nSPS) is 11.4. The Morgan fingerprint density at radius 2 is 1.86 bits per heavy atom. The van der Waals surface area contributed by atoms with E-state index >= 15 is 0 Å². The molecule has 0 saturated heterocycles. The maximum atomic E-state index is 10.4. The molecule has 108 valence electrons. The molecule has 1 aromatic heterocycles. The van der Waals surface area contributed by atoms with Crippen molar-refractivity contribution in [1.29, 1.82) is 0 Å². The summed E-state index contributed by atoms with van der Waals surface area (Å²) in [6, 6.07) is 5.86. The molecule has 0 aliphatic rings. The Labute approximate surface area is 143 Å². The predicted molar refractivity (Wildman–Crippen MR) is 95.2 cm³/mol. The van der Waals surface area contributed by atoms with Gasteiger partial charge in [-0.3, -0.25) is 0 Å². The van der Waals surface area contributed by atoms with Crippen LogP contribution in [-0.4, -0.2) is 20.8 Å². The lowest BCUT2D eigenvalue weighted by Gasteiger charge is -2.12. The van der Waals surface area contributed by atoms with Crippen molar-refractivity contribution in [3.05, 3.63) is 32.7 Å². The van der Waals surface area contributed by atoms with Gasteiger partial charge < -0.3 is 5.11 Å². The van der Waals surface area contributed by atoms with Crippen LogP contribution < -0.4 is 0 Å². The van der Waals surface area contributed by atoms with Crippen LogP contribution in [0.2, 0.25) is 0 Å². The minimum absolute atomic E-state index is 0.139. The first-order valence-electron chi connectivity index (χ1n) is 6.44. The zero-order valence-electron chi connectivity index (χ0n) is 11.4. The topological polar surface area (TPSA) is 46.0 Å². The Morgan fingerprint density at radius 3 is 2.57 bits per heavy atom. The lowest BCUT2D eigenvalue weighted by Crippen LogP contribution is -1.94. The number of benzene rings is 2. The zero-order valence-corrected chi connectivity index (χ0v) is 15.4. The van der Waals surface area contributed by atoms with Gasteiger partial charge in [0.2, 0.25) is 0 Å². The molecule has 0 radical (unpaired) electrons. The molecule has 21 heavy (non-hydrogen) atoms. The van der Waals surface area contributed by atoms with Crippen LogP contribution in [0, 0.1) is 6.92 Å². The number of fused-ring (bicyclic) bond motifs is 2. The van der Waals surface area contributed by atoms with Crippen LogP contribution in [0.5, 0.6) is 5.75 Å². The number of nitrogens with zero attached hydrogens (tertiary/aromatic N) is 2. The minimum atomic E-state index is 0.139. The van der Waals surface area contributed by atoms with Crippen LogP contribution in [0.1, 0.15) is 12.5 Å². The van der Waals surface area contributed by atoms with Gasteiger partial charge in [0.15, 0.2) is 5.75 Å². The second kappa shape index (κ2) is 5.74. The molecular weight excluding hydrogens is 416 g/mol. The molecule has 0 saturated carbocycles. The maximum absolute atomic E-state index is 10.4. The van der Waals surface area contributed by atoms with E-state index in [1.807, 2.05) is 25.1 Å². The van der Waals surface area contributed by atoms with E-state index in [1.165, 1.54) is 0 Å². The van der Waals surface area contributed by atoms with Gasteiger partial charge in [-0.1, -0.05) is 19.1 Å². The van der Waals surface area contributed by atoms with Crippen molar-refractivity contribution in [2.75, 3.05) is 5.75 Å². The first-order chi connectivity index (χ1) is 10.0. The fourth-order valence-electron chi connectivity index (χ4n) is 2.22. The smallest absolute Gasteiger partial charge is 0.158 e. The largest absolute Gasteiger partial charge is 0.504 e. The van der Waals surface area contributed by atoms with E-state index in [0.29, 0.717) is 15.5 Å². The van der Waals surface area contributed by atoms with Crippen molar-refractivity contribution >= 4 is 65.7 Å². The molecule has 0 spiro atoms. The number of rotatable bonds is 2. The number of hydrogen-bond donors (Lipinski definition) is 1. The minimum Gasteiger partial charge on any atom is -0.504 e. The first kappa shape index (κ1) is 15.1. The van der Waals surface area contributed by atoms with Crippen LogP contribution >= 0.6 is 43.6 Å². The average molecular weight is 428 g/mol. The van der Waals surface area contributed by atoms with E-state index in [9.17, 15) is 5.11 Å². The first-order valence-corrected chi connectivity index (χ1v) is 9.01. The Balaban J connectivity index is 2.48. The molecule has 0 bridgehead atoms.